The van der Waals surface area contributed by atoms with E-state index in [0.717, 1.165) is 18.6 Å². The molecule has 270 valence electrons. The molecule has 0 spiro atoms. The van der Waals surface area contributed by atoms with Gasteiger partial charge in [-0.15, -0.1) is 0 Å². The monoisotopic (exact) mass is 701 g/mol. The highest BCUT2D eigenvalue weighted by Gasteiger charge is 2.39. The summed E-state index contributed by atoms with van der Waals surface area (Å²) in [6, 6.07) is 4.24. The first-order valence-corrected chi connectivity index (χ1v) is 16.3. The van der Waals surface area contributed by atoms with E-state index in [1.165, 1.54) is 18.2 Å². The van der Waals surface area contributed by atoms with Gasteiger partial charge in [-0.25, -0.2) is 9.97 Å². The third-order valence-corrected chi connectivity index (χ3v) is 8.85. The van der Waals surface area contributed by atoms with E-state index in [0.29, 0.717) is 69.8 Å². The molecule has 0 saturated carbocycles. The van der Waals surface area contributed by atoms with Gasteiger partial charge in [0, 0.05) is 45.2 Å². The molecule has 0 radical (unpaired) electrons. The second kappa shape index (κ2) is 16.5. The maximum atomic E-state index is 13.9. The molecule has 2 amide bonds. The number of amides is 2. The highest BCUT2D eigenvalue weighted by atomic mass is 19.4. The van der Waals surface area contributed by atoms with Gasteiger partial charge in [0.2, 0.25) is 17.6 Å². The fraction of sp³-hybridized carbons (Fsp3) is 0.594. The maximum Gasteiger partial charge on any atom is 0.451 e. The van der Waals surface area contributed by atoms with Gasteiger partial charge in [0.15, 0.2) is 0 Å². The van der Waals surface area contributed by atoms with E-state index in [1.54, 1.807) is 9.80 Å². The molecule has 2 unspecified atom stereocenters. The number of benzene rings is 1. The third-order valence-electron chi connectivity index (χ3n) is 8.85. The minimum atomic E-state index is -4.81. The summed E-state index contributed by atoms with van der Waals surface area (Å²) in [6.07, 6.45) is -5.07. The van der Waals surface area contributed by atoms with Crippen LogP contribution in [0.25, 0.3) is 0 Å². The lowest BCUT2D eigenvalue weighted by molar-refractivity contribution is -0.145. The van der Waals surface area contributed by atoms with Crippen LogP contribution in [0.5, 0.6) is 0 Å². The van der Waals surface area contributed by atoms with Crippen molar-refractivity contribution in [3.8, 4) is 0 Å². The maximum absolute atomic E-state index is 13.9. The third kappa shape index (κ3) is 10.9. The highest BCUT2D eigenvalue weighted by Crippen LogP contribution is 2.34. The summed E-state index contributed by atoms with van der Waals surface area (Å²) in [5, 5.41) is 14.3. The number of carbonyl (C=O) groups excluding carboxylic acids is 2. The minimum Gasteiger partial charge on any atom is -0.480 e. The first-order chi connectivity index (χ1) is 23.1. The predicted octanol–water partition coefficient (Wildman–Crippen LogP) is 4.15. The Morgan fingerprint density at radius 1 is 0.918 bits per heavy atom. The average molecular weight is 702 g/mol. The number of anilines is 2. The van der Waals surface area contributed by atoms with Crippen LogP contribution in [0.4, 0.5) is 38.0 Å². The molecule has 0 aliphatic carbocycles. The van der Waals surface area contributed by atoms with Gasteiger partial charge in [-0.2, -0.15) is 26.3 Å². The molecule has 3 heterocycles. The van der Waals surface area contributed by atoms with Crippen molar-refractivity contribution in [2.45, 2.75) is 82.2 Å². The van der Waals surface area contributed by atoms with Gasteiger partial charge < -0.3 is 31.3 Å². The van der Waals surface area contributed by atoms with Gasteiger partial charge in [0.1, 0.15) is 23.7 Å². The Labute approximate surface area is 279 Å². The Bertz CT molecular complexity index is 1430. The number of halogens is 6. The number of aromatic nitrogens is 2. The van der Waals surface area contributed by atoms with E-state index >= 15 is 0 Å². The Balaban J connectivity index is 1.31. The summed E-state index contributed by atoms with van der Waals surface area (Å²) >= 11 is 0. The highest BCUT2D eigenvalue weighted by molar-refractivity contribution is 5.85. The molecule has 4 rings (SSSR count). The van der Waals surface area contributed by atoms with Crippen molar-refractivity contribution in [2.24, 2.45) is 11.7 Å². The number of rotatable bonds is 14. The zero-order valence-electron chi connectivity index (χ0n) is 26.8. The normalized spacial score (nSPS) is 18.0. The lowest BCUT2D eigenvalue weighted by Crippen LogP contribution is -2.44. The smallest absolute Gasteiger partial charge is 0.451 e. The van der Waals surface area contributed by atoms with Crippen molar-refractivity contribution in [2.75, 3.05) is 42.5 Å². The minimum absolute atomic E-state index is 0.000101. The molecule has 2 aliphatic rings. The lowest BCUT2D eigenvalue weighted by atomic mass is 9.92. The molecule has 2 saturated heterocycles. The van der Waals surface area contributed by atoms with Crippen LogP contribution in [0, 0.1) is 5.92 Å². The summed E-state index contributed by atoms with van der Waals surface area (Å²) in [7, 11) is 0. The second-order valence-electron chi connectivity index (χ2n) is 12.4. The lowest BCUT2D eigenvalue weighted by Gasteiger charge is -2.34. The Morgan fingerprint density at radius 3 is 2.22 bits per heavy atom. The van der Waals surface area contributed by atoms with Gasteiger partial charge in [-0.05, 0) is 75.0 Å². The largest absolute Gasteiger partial charge is 0.480 e. The molecule has 1 aromatic heterocycles. The van der Waals surface area contributed by atoms with E-state index in [-0.39, 0.29) is 43.4 Å². The Hall–Kier alpha value is -4.15. The summed E-state index contributed by atoms with van der Waals surface area (Å²) in [4.78, 5) is 46.8. The average Bonchev–Trinajstić information content (AvgIpc) is 3.55. The van der Waals surface area contributed by atoms with Crippen LogP contribution in [0.3, 0.4) is 0 Å². The molecule has 2 fully saturated rings. The van der Waals surface area contributed by atoms with Gasteiger partial charge in [0.05, 0.1) is 5.56 Å². The molecular formula is C32H41F6N7O4. The summed E-state index contributed by atoms with van der Waals surface area (Å²) < 4.78 is 80.3. The van der Waals surface area contributed by atoms with E-state index in [1.807, 2.05) is 0 Å². The van der Waals surface area contributed by atoms with Crippen molar-refractivity contribution in [1.29, 1.82) is 0 Å². The number of hydrogen-bond donors (Lipinski definition) is 4. The molecular weight excluding hydrogens is 660 g/mol. The van der Waals surface area contributed by atoms with Crippen molar-refractivity contribution >= 4 is 29.4 Å². The number of carbonyl (C=O) groups is 3. The topological polar surface area (TPSA) is 154 Å². The molecule has 1 aromatic carbocycles. The first kappa shape index (κ1) is 37.7. The van der Waals surface area contributed by atoms with Crippen LogP contribution in [0.15, 0.2) is 30.3 Å². The van der Waals surface area contributed by atoms with Crippen LogP contribution < -0.4 is 26.2 Å². The van der Waals surface area contributed by atoms with Crippen molar-refractivity contribution in [3.63, 3.8) is 0 Å². The molecule has 2 aromatic rings. The Kier molecular flexibility index (Phi) is 12.7. The second-order valence-corrected chi connectivity index (χ2v) is 12.4. The number of nitrogens with two attached hydrogens (primary N) is 1. The molecule has 5 N–H and O–H groups in total. The number of carboxylic acid groups (broad SMARTS) is 1. The standard InChI is InChI=1S/C32H41F6N7O4/c33-31(34,35)22-7-5-21(6-8-22)11-15-41-28(47)24-4-2-16-45(24)26-19-25(42-30(43-26)32(36,37)38)44-17-12-20(13-18-44)3-1-14-40-27(46)10-9-23(39)29(48)49/h5-8,19-20,23-24H,1-4,9-18,39H2,(H,40,46)(H,41,47)(H,48,49). The van der Waals surface area contributed by atoms with Gasteiger partial charge in [-0.1, -0.05) is 12.1 Å². The number of nitrogens with zero attached hydrogens (tertiary/aromatic N) is 4. The molecule has 2 aliphatic heterocycles. The van der Waals surface area contributed by atoms with E-state index in [4.69, 9.17) is 10.8 Å². The number of piperidine rings is 1. The van der Waals surface area contributed by atoms with Crippen molar-refractivity contribution < 1.29 is 45.8 Å². The molecule has 17 heteroatoms. The van der Waals surface area contributed by atoms with Crippen LogP contribution in [-0.2, 0) is 33.2 Å². The van der Waals surface area contributed by atoms with E-state index < -0.39 is 47.7 Å². The summed E-state index contributed by atoms with van der Waals surface area (Å²) in [6.45, 7) is 1.80. The number of carboxylic acids is 1. The van der Waals surface area contributed by atoms with Crippen LogP contribution in [0.1, 0.15) is 68.3 Å². The zero-order chi connectivity index (χ0) is 35.8. The van der Waals surface area contributed by atoms with Gasteiger partial charge in [0.25, 0.3) is 0 Å². The molecule has 2 atom stereocenters. The molecule has 0 bridgehead atoms. The summed E-state index contributed by atoms with van der Waals surface area (Å²) in [5.41, 5.74) is 5.24. The first-order valence-electron chi connectivity index (χ1n) is 16.3. The van der Waals surface area contributed by atoms with Crippen LogP contribution in [0.2, 0.25) is 0 Å². The number of nitrogens with one attached hydrogen (secondary N) is 2. The number of alkyl halides is 6. The SMILES string of the molecule is NC(CCC(=O)NCCCC1CCN(c2cc(N3CCCC3C(=O)NCCc3ccc(C(F)(F)F)cc3)nc(C(F)(F)F)n2)CC1)C(=O)O. The van der Waals surface area contributed by atoms with Gasteiger partial charge in [-0.3, -0.25) is 14.4 Å². The Morgan fingerprint density at radius 2 is 1.59 bits per heavy atom. The van der Waals surface area contributed by atoms with E-state index in [2.05, 4.69) is 20.6 Å². The van der Waals surface area contributed by atoms with Gasteiger partial charge >= 0.3 is 18.3 Å². The van der Waals surface area contributed by atoms with Crippen molar-refractivity contribution in [1.82, 2.24) is 20.6 Å². The summed E-state index contributed by atoms with van der Waals surface area (Å²) in [5.74, 6) is -2.72. The zero-order valence-corrected chi connectivity index (χ0v) is 26.8. The fourth-order valence-corrected chi connectivity index (χ4v) is 6.05. The number of hydrogen-bond acceptors (Lipinski definition) is 8. The quantitative estimate of drug-likeness (QED) is 0.168. The fourth-order valence-electron chi connectivity index (χ4n) is 6.05. The number of aliphatic carboxylic acids is 1. The molecule has 11 nitrogen and oxygen atoms in total. The van der Waals surface area contributed by atoms with Crippen LogP contribution >= 0.6 is 0 Å². The van der Waals surface area contributed by atoms with Crippen molar-refractivity contribution in [3.05, 3.63) is 47.3 Å². The predicted molar refractivity (Wildman–Crippen MR) is 168 cm³/mol. The van der Waals surface area contributed by atoms with E-state index in [9.17, 15) is 40.7 Å². The molecule has 49 heavy (non-hydrogen) atoms. The van der Waals surface area contributed by atoms with Crippen LogP contribution in [-0.4, -0.2) is 77.7 Å².